The molecular formula is C14H17N3O3. The number of ether oxygens (including phenoxy) is 1. The summed E-state index contributed by atoms with van der Waals surface area (Å²) in [7, 11) is 3.37. The summed E-state index contributed by atoms with van der Waals surface area (Å²) in [5.41, 5.74) is 0.392. The van der Waals surface area contributed by atoms with Crippen LogP contribution in [0.3, 0.4) is 0 Å². The summed E-state index contributed by atoms with van der Waals surface area (Å²) in [5.74, 6) is 0.957. The molecule has 0 atom stereocenters. The van der Waals surface area contributed by atoms with E-state index in [4.69, 9.17) is 4.74 Å². The number of aromatic nitrogens is 2. The van der Waals surface area contributed by atoms with E-state index >= 15 is 0 Å². The van der Waals surface area contributed by atoms with Gasteiger partial charge in [-0.05, 0) is 18.2 Å². The number of aryl methyl sites for hydroxylation is 1. The Labute approximate surface area is 117 Å². The number of carbonyl (C=O) groups excluding carboxylic acids is 1. The second-order valence-electron chi connectivity index (χ2n) is 4.35. The van der Waals surface area contributed by atoms with Crippen LogP contribution in [0.5, 0.6) is 11.5 Å². The van der Waals surface area contributed by atoms with Crippen LogP contribution in [0.1, 0.15) is 16.2 Å². The third-order valence-electron chi connectivity index (χ3n) is 3.00. The van der Waals surface area contributed by atoms with Gasteiger partial charge in [0.2, 0.25) is 0 Å². The van der Waals surface area contributed by atoms with Gasteiger partial charge in [-0.25, -0.2) is 4.98 Å². The van der Waals surface area contributed by atoms with Gasteiger partial charge < -0.3 is 19.7 Å². The molecule has 0 bridgehead atoms. The SMILES string of the molecule is COc1ccc(C(=O)NCCc2nccn2C)cc1O. The number of phenols is 1. The lowest BCUT2D eigenvalue weighted by atomic mass is 10.2. The van der Waals surface area contributed by atoms with Gasteiger partial charge in [-0.2, -0.15) is 0 Å². The number of methoxy groups -OCH3 is 1. The van der Waals surface area contributed by atoms with Crippen molar-refractivity contribution < 1.29 is 14.6 Å². The number of aromatic hydroxyl groups is 1. The van der Waals surface area contributed by atoms with Crippen molar-refractivity contribution in [1.29, 1.82) is 0 Å². The fourth-order valence-electron chi connectivity index (χ4n) is 1.86. The molecular weight excluding hydrogens is 258 g/mol. The smallest absolute Gasteiger partial charge is 0.251 e. The van der Waals surface area contributed by atoms with E-state index in [2.05, 4.69) is 10.3 Å². The Balaban J connectivity index is 1.92. The Hall–Kier alpha value is -2.50. The summed E-state index contributed by atoms with van der Waals surface area (Å²) in [6, 6.07) is 4.55. The second kappa shape index (κ2) is 6.10. The maximum absolute atomic E-state index is 11.9. The van der Waals surface area contributed by atoms with Crippen LogP contribution < -0.4 is 10.1 Å². The van der Waals surface area contributed by atoms with Crippen LogP contribution in [0.2, 0.25) is 0 Å². The van der Waals surface area contributed by atoms with Crippen molar-refractivity contribution in [2.45, 2.75) is 6.42 Å². The van der Waals surface area contributed by atoms with Crippen LogP contribution in [0, 0.1) is 0 Å². The third-order valence-corrected chi connectivity index (χ3v) is 3.00. The highest BCUT2D eigenvalue weighted by Crippen LogP contribution is 2.25. The zero-order valence-electron chi connectivity index (χ0n) is 11.5. The summed E-state index contributed by atoms with van der Waals surface area (Å²) in [5, 5.41) is 12.4. The average molecular weight is 275 g/mol. The number of hydrogen-bond acceptors (Lipinski definition) is 4. The maximum Gasteiger partial charge on any atom is 0.251 e. The number of phenolic OH excluding ortho intramolecular Hbond substituents is 1. The molecule has 0 aliphatic rings. The van der Waals surface area contributed by atoms with Crippen molar-refractivity contribution in [1.82, 2.24) is 14.9 Å². The molecule has 20 heavy (non-hydrogen) atoms. The van der Waals surface area contributed by atoms with E-state index in [0.29, 0.717) is 24.3 Å². The molecule has 0 radical (unpaired) electrons. The van der Waals surface area contributed by atoms with Crippen LogP contribution in [-0.2, 0) is 13.5 Å². The normalized spacial score (nSPS) is 10.3. The number of carbonyl (C=O) groups is 1. The van der Waals surface area contributed by atoms with Crippen molar-refractivity contribution in [3.05, 3.63) is 42.0 Å². The Morgan fingerprint density at radius 2 is 2.30 bits per heavy atom. The number of benzene rings is 1. The van der Waals surface area contributed by atoms with E-state index in [9.17, 15) is 9.90 Å². The molecule has 0 fully saturated rings. The zero-order chi connectivity index (χ0) is 14.5. The highest BCUT2D eigenvalue weighted by atomic mass is 16.5. The number of rotatable bonds is 5. The summed E-state index contributed by atoms with van der Waals surface area (Å²) in [6.07, 6.45) is 4.23. The Morgan fingerprint density at radius 3 is 2.90 bits per heavy atom. The first-order valence-corrected chi connectivity index (χ1v) is 6.23. The van der Waals surface area contributed by atoms with Crippen LogP contribution in [0.15, 0.2) is 30.6 Å². The molecule has 0 aliphatic carbocycles. The van der Waals surface area contributed by atoms with Crippen LogP contribution >= 0.6 is 0 Å². The molecule has 2 aromatic rings. The van der Waals surface area contributed by atoms with Gasteiger partial charge in [-0.3, -0.25) is 4.79 Å². The van der Waals surface area contributed by atoms with Crippen molar-refractivity contribution in [2.75, 3.05) is 13.7 Å². The van der Waals surface area contributed by atoms with E-state index < -0.39 is 0 Å². The monoisotopic (exact) mass is 275 g/mol. The van der Waals surface area contributed by atoms with Crippen LogP contribution in [0.25, 0.3) is 0 Å². The van der Waals surface area contributed by atoms with E-state index in [-0.39, 0.29) is 11.7 Å². The Bertz CT molecular complexity index is 607. The molecule has 0 saturated carbocycles. The lowest BCUT2D eigenvalue weighted by Gasteiger charge is -2.07. The number of nitrogens with one attached hydrogen (secondary N) is 1. The maximum atomic E-state index is 11.9. The fourth-order valence-corrected chi connectivity index (χ4v) is 1.86. The first-order valence-electron chi connectivity index (χ1n) is 6.23. The molecule has 0 saturated heterocycles. The van der Waals surface area contributed by atoms with Gasteiger partial charge in [0, 0.05) is 38.0 Å². The van der Waals surface area contributed by atoms with Gasteiger partial charge in [0.15, 0.2) is 11.5 Å². The zero-order valence-corrected chi connectivity index (χ0v) is 11.5. The van der Waals surface area contributed by atoms with E-state index in [1.807, 2.05) is 17.8 Å². The topological polar surface area (TPSA) is 76.4 Å². The molecule has 106 valence electrons. The first kappa shape index (κ1) is 13.9. The van der Waals surface area contributed by atoms with Crippen molar-refractivity contribution in [2.24, 2.45) is 7.05 Å². The molecule has 1 amide bonds. The van der Waals surface area contributed by atoms with Crippen LogP contribution in [-0.4, -0.2) is 34.2 Å². The molecule has 1 aromatic heterocycles. The molecule has 6 heteroatoms. The second-order valence-corrected chi connectivity index (χ2v) is 4.35. The Morgan fingerprint density at radius 1 is 1.50 bits per heavy atom. The van der Waals surface area contributed by atoms with Crippen molar-refractivity contribution in [3.8, 4) is 11.5 Å². The molecule has 1 aromatic carbocycles. The molecule has 6 nitrogen and oxygen atoms in total. The molecule has 2 N–H and O–H groups in total. The van der Waals surface area contributed by atoms with Gasteiger partial charge >= 0.3 is 0 Å². The minimum absolute atomic E-state index is 0.0516. The highest BCUT2D eigenvalue weighted by molar-refractivity contribution is 5.94. The van der Waals surface area contributed by atoms with E-state index in [1.165, 1.54) is 13.2 Å². The summed E-state index contributed by atoms with van der Waals surface area (Å²) in [6.45, 7) is 0.483. The van der Waals surface area contributed by atoms with Crippen molar-refractivity contribution in [3.63, 3.8) is 0 Å². The predicted octanol–water partition coefficient (Wildman–Crippen LogP) is 1.11. The van der Waals surface area contributed by atoms with Gasteiger partial charge in [0.05, 0.1) is 7.11 Å². The number of hydrogen-bond donors (Lipinski definition) is 2. The number of nitrogens with zero attached hydrogens (tertiary/aromatic N) is 2. The summed E-state index contributed by atoms with van der Waals surface area (Å²) < 4.78 is 6.84. The van der Waals surface area contributed by atoms with E-state index in [1.54, 1.807) is 18.3 Å². The number of imidazole rings is 1. The number of amides is 1. The van der Waals surface area contributed by atoms with Gasteiger partial charge in [0.25, 0.3) is 5.91 Å². The third kappa shape index (κ3) is 3.09. The average Bonchev–Trinajstić information content (AvgIpc) is 2.84. The van der Waals surface area contributed by atoms with Gasteiger partial charge in [-0.15, -0.1) is 0 Å². The molecule has 0 aliphatic heterocycles. The first-order chi connectivity index (χ1) is 9.61. The standard InChI is InChI=1S/C14H17N3O3/c1-17-8-7-15-13(17)5-6-16-14(19)10-3-4-12(20-2)11(18)9-10/h3-4,7-9,18H,5-6H2,1-2H3,(H,16,19). The van der Waals surface area contributed by atoms with E-state index in [0.717, 1.165) is 5.82 Å². The largest absolute Gasteiger partial charge is 0.504 e. The molecule has 1 heterocycles. The lowest BCUT2D eigenvalue weighted by Crippen LogP contribution is -2.26. The molecule has 0 spiro atoms. The van der Waals surface area contributed by atoms with Crippen molar-refractivity contribution >= 4 is 5.91 Å². The molecule has 2 rings (SSSR count). The fraction of sp³-hybridized carbons (Fsp3) is 0.286. The quantitative estimate of drug-likeness (QED) is 0.857. The van der Waals surface area contributed by atoms with Gasteiger partial charge in [-0.1, -0.05) is 0 Å². The minimum atomic E-state index is -0.239. The highest BCUT2D eigenvalue weighted by Gasteiger charge is 2.09. The van der Waals surface area contributed by atoms with Gasteiger partial charge in [0.1, 0.15) is 5.82 Å². The minimum Gasteiger partial charge on any atom is -0.504 e. The van der Waals surface area contributed by atoms with Crippen LogP contribution in [0.4, 0.5) is 0 Å². The Kier molecular flexibility index (Phi) is 4.24. The molecule has 0 unspecified atom stereocenters. The summed E-state index contributed by atoms with van der Waals surface area (Å²) in [4.78, 5) is 16.1. The lowest BCUT2D eigenvalue weighted by molar-refractivity contribution is 0.0953. The predicted molar refractivity (Wildman–Crippen MR) is 73.9 cm³/mol. The summed E-state index contributed by atoms with van der Waals surface area (Å²) >= 11 is 0.